The normalized spacial score (nSPS) is 26.8. The Morgan fingerprint density at radius 2 is 1.90 bits per heavy atom. The molecule has 5 rings (SSSR count). The summed E-state index contributed by atoms with van der Waals surface area (Å²) in [6.07, 6.45) is 3.12. The Kier molecular flexibility index (Phi) is 5.37. The fourth-order valence-electron chi connectivity index (χ4n) is 4.71. The number of anilines is 1. The third-order valence-corrected chi connectivity index (χ3v) is 6.56. The lowest BCUT2D eigenvalue weighted by molar-refractivity contribution is -0.139. The minimum atomic E-state index is -0.118. The summed E-state index contributed by atoms with van der Waals surface area (Å²) in [4.78, 5) is 30.3. The summed E-state index contributed by atoms with van der Waals surface area (Å²) in [6, 6.07) is 5.73. The van der Waals surface area contributed by atoms with E-state index in [0.29, 0.717) is 31.2 Å². The van der Waals surface area contributed by atoms with Crippen LogP contribution < -0.4 is 15.0 Å². The smallest absolute Gasteiger partial charge is 0.320 e. The van der Waals surface area contributed by atoms with E-state index in [0.717, 1.165) is 30.9 Å². The van der Waals surface area contributed by atoms with Crippen LogP contribution in [0.5, 0.6) is 5.75 Å². The van der Waals surface area contributed by atoms with Crippen molar-refractivity contribution in [1.82, 2.24) is 15.1 Å². The Hall–Kier alpha value is -2.19. The molecule has 8 nitrogen and oxygen atoms in total. The highest BCUT2D eigenvalue weighted by atomic mass is 35.5. The number of nitrogens with one attached hydrogen (secondary N) is 1. The monoisotopic (exact) mass is 434 g/mol. The molecule has 3 amide bonds. The van der Waals surface area contributed by atoms with E-state index in [2.05, 4.69) is 10.2 Å². The van der Waals surface area contributed by atoms with Crippen LogP contribution in [0.4, 0.5) is 10.5 Å². The second-order valence-electron chi connectivity index (χ2n) is 8.52. The van der Waals surface area contributed by atoms with Gasteiger partial charge in [0.2, 0.25) is 5.91 Å². The zero-order valence-corrected chi connectivity index (χ0v) is 17.6. The van der Waals surface area contributed by atoms with Gasteiger partial charge in [-0.05, 0) is 31.4 Å². The van der Waals surface area contributed by atoms with Crippen LogP contribution in [-0.4, -0.2) is 85.9 Å². The first kappa shape index (κ1) is 19.8. The maximum atomic E-state index is 12.8. The lowest BCUT2D eigenvalue weighted by atomic mass is 10.0. The van der Waals surface area contributed by atoms with E-state index in [1.807, 2.05) is 18.2 Å². The minimum absolute atomic E-state index is 0.00280. The van der Waals surface area contributed by atoms with Crippen molar-refractivity contribution in [2.45, 2.75) is 37.5 Å². The fourth-order valence-corrected chi connectivity index (χ4v) is 4.93. The van der Waals surface area contributed by atoms with E-state index in [9.17, 15) is 9.59 Å². The van der Waals surface area contributed by atoms with Gasteiger partial charge in [-0.2, -0.15) is 0 Å². The number of halogens is 1. The van der Waals surface area contributed by atoms with Gasteiger partial charge in [-0.25, -0.2) is 4.79 Å². The first-order valence-corrected chi connectivity index (χ1v) is 11.1. The zero-order valence-electron chi connectivity index (χ0n) is 16.9. The molecule has 0 bridgehead atoms. The first-order chi connectivity index (χ1) is 14.5. The van der Waals surface area contributed by atoms with E-state index in [-0.39, 0.29) is 36.8 Å². The van der Waals surface area contributed by atoms with Crippen LogP contribution in [0.3, 0.4) is 0 Å². The van der Waals surface area contributed by atoms with Crippen molar-refractivity contribution in [3.05, 3.63) is 23.2 Å². The van der Waals surface area contributed by atoms with Crippen LogP contribution in [0, 0.1) is 0 Å². The molecule has 4 fully saturated rings. The summed E-state index contributed by atoms with van der Waals surface area (Å²) in [6.45, 7) is 4.46. The van der Waals surface area contributed by atoms with Gasteiger partial charge >= 0.3 is 6.03 Å². The van der Waals surface area contributed by atoms with Gasteiger partial charge in [-0.15, -0.1) is 0 Å². The van der Waals surface area contributed by atoms with Gasteiger partial charge in [0.25, 0.3) is 0 Å². The van der Waals surface area contributed by atoms with E-state index in [1.165, 1.54) is 12.8 Å². The highest BCUT2D eigenvalue weighted by Gasteiger charge is 2.40. The van der Waals surface area contributed by atoms with E-state index >= 15 is 0 Å². The molecule has 0 saturated carbocycles. The Morgan fingerprint density at radius 3 is 2.70 bits per heavy atom. The molecule has 1 aromatic carbocycles. The second kappa shape index (κ2) is 8.15. The highest BCUT2D eigenvalue weighted by Crippen LogP contribution is 2.31. The summed E-state index contributed by atoms with van der Waals surface area (Å²) in [5, 5.41) is 3.60. The molecule has 4 saturated heterocycles. The number of amides is 3. The van der Waals surface area contributed by atoms with Crippen molar-refractivity contribution in [2.75, 3.05) is 50.8 Å². The molecule has 2 atom stereocenters. The van der Waals surface area contributed by atoms with Crippen LogP contribution in [0.1, 0.15) is 19.3 Å². The predicted molar refractivity (Wildman–Crippen MR) is 112 cm³/mol. The van der Waals surface area contributed by atoms with Gasteiger partial charge in [0.05, 0.1) is 25.2 Å². The number of nitrogens with zero attached hydrogens (tertiary/aromatic N) is 3. The molecular weight excluding hydrogens is 408 g/mol. The van der Waals surface area contributed by atoms with Crippen LogP contribution in [0.15, 0.2) is 18.2 Å². The maximum Gasteiger partial charge on any atom is 0.320 e. The van der Waals surface area contributed by atoms with Gasteiger partial charge < -0.3 is 29.5 Å². The summed E-state index contributed by atoms with van der Waals surface area (Å²) >= 11 is 6.30. The Bertz CT molecular complexity index is 825. The zero-order chi connectivity index (χ0) is 20.7. The van der Waals surface area contributed by atoms with E-state index in [4.69, 9.17) is 21.1 Å². The first-order valence-electron chi connectivity index (χ1n) is 10.7. The lowest BCUT2D eigenvalue weighted by Gasteiger charge is -2.45. The number of piperidine rings is 1. The number of ether oxygens (including phenoxy) is 2. The number of hydrogen-bond acceptors (Lipinski definition) is 5. The van der Waals surface area contributed by atoms with Crippen LogP contribution >= 0.6 is 11.6 Å². The number of benzene rings is 1. The summed E-state index contributed by atoms with van der Waals surface area (Å²) in [7, 11) is 0. The molecule has 9 heteroatoms. The molecular formula is C21H27ClN4O4. The van der Waals surface area contributed by atoms with Crippen LogP contribution in [0.25, 0.3) is 0 Å². The van der Waals surface area contributed by atoms with E-state index in [1.54, 1.807) is 9.80 Å². The van der Waals surface area contributed by atoms with Crippen molar-refractivity contribution < 1.29 is 19.1 Å². The largest absolute Gasteiger partial charge is 0.487 e. The summed E-state index contributed by atoms with van der Waals surface area (Å²) in [5.41, 5.74) is 1.10. The van der Waals surface area contributed by atoms with Crippen LogP contribution in [0.2, 0.25) is 5.02 Å². The molecule has 1 aromatic rings. The van der Waals surface area contributed by atoms with Crippen LogP contribution in [-0.2, 0) is 9.53 Å². The number of morpholine rings is 1. The van der Waals surface area contributed by atoms with Gasteiger partial charge in [-0.3, -0.25) is 4.79 Å². The number of urea groups is 1. The standard InChI is InChI=1S/C21H27ClN4O4/c22-14-7-15(24-4-1-2-5-24)9-16(8-14)30-17-10-26(11-17)21(28)25-6-3-19-18(12-25)23-20(27)13-29-19/h7-9,17-19H,1-6,10-13H2,(H,23,27)/t18-,19+/m1/s1. The van der Waals surface area contributed by atoms with Crippen molar-refractivity contribution in [3.8, 4) is 5.75 Å². The van der Waals surface area contributed by atoms with Gasteiger partial charge in [0, 0.05) is 43.0 Å². The molecule has 4 heterocycles. The number of rotatable bonds is 3. The van der Waals surface area contributed by atoms with Crippen molar-refractivity contribution >= 4 is 29.2 Å². The molecule has 0 aromatic heterocycles. The third-order valence-electron chi connectivity index (χ3n) is 6.34. The van der Waals surface area contributed by atoms with Gasteiger partial charge in [0.15, 0.2) is 0 Å². The number of hydrogen-bond donors (Lipinski definition) is 1. The maximum absolute atomic E-state index is 12.8. The molecule has 0 aliphatic carbocycles. The predicted octanol–water partition coefficient (Wildman–Crippen LogP) is 1.71. The molecule has 30 heavy (non-hydrogen) atoms. The SMILES string of the molecule is O=C1CO[C@H]2CCN(C(=O)N3CC(Oc4cc(Cl)cc(N5CCCC5)c4)C3)C[C@H]2N1. The van der Waals surface area contributed by atoms with Gasteiger partial charge in [0.1, 0.15) is 18.5 Å². The Balaban J connectivity index is 1.14. The quantitative estimate of drug-likeness (QED) is 0.784. The van der Waals surface area contributed by atoms with Crippen molar-refractivity contribution in [3.63, 3.8) is 0 Å². The molecule has 0 unspecified atom stereocenters. The number of likely N-dealkylation sites (tertiary alicyclic amines) is 2. The number of carbonyl (C=O) groups is 2. The van der Waals surface area contributed by atoms with Crippen molar-refractivity contribution in [1.29, 1.82) is 0 Å². The topological polar surface area (TPSA) is 74.3 Å². The average molecular weight is 435 g/mol. The van der Waals surface area contributed by atoms with E-state index < -0.39 is 0 Å². The molecule has 162 valence electrons. The number of fused-ring (bicyclic) bond motifs is 1. The lowest BCUT2D eigenvalue weighted by Crippen LogP contribution is -2.65. The molecule has 4 aliphatic rings. The summed E-state index contributed by atoms with van der Waals surface area (Å²) in [5.74, 6) is 0.641. The summed E-state index contributed by atoms with van der Waals surface area (Å²) < 4.78 is 11.7. The second-order valence-corrected chi connectivity index (χ2v) is 8.96. The van der Waals surface area contributed by atoms with Crippen molar-refractivity contribution in [2.24, 2.45) is 0 Å². The molecule has 0 radical (unpaired) electrons. The fraction of sp³-hybridized carbons (Fsp3) is 0.619. The number of carbonyl (C=O) groups excluding carboxylic acids is 2. The minimum Gasteiger partial charge on any atom is -0.487 e. The average Bonchev–Trinajstić information content (AvgIpc) is 3.24. The molecule has 4 aliphatic heterocycles. The third kappa shape index (κ3) is 4.03. The Morgan fingerprint density at radius 1 is 1.10 bits per heavy atom. The molecule has 0 spiro atoms. The molecule has 1 N–H and O–H groups in total. The Labute approximate surface area is 181 Å². The highest BCUT2D eigenvalue weighted by molar-refractivity contribution is 6.31. The van der Waals surface area contributed by atoms with Gasteiger partial charge in [-0.1, -0.05) is 11.6 Å².